The Morgan fingerprint density at radius 2 is 1.68 bits per heavy atom. The molecular formula is C33H37N7O. The van der Waals surface area contributed by atoms with Crippen molar-refractivity contribution in [2.75, 3.05) is 13.1 Å². The second-order valence-corrected chi connectivity index (χ2v) is 11.9. The highest BCUT2D eigenvalue weighted by molar-refractivity contribution is 5.92. The molecule has 0 aliphatic carbocycles. The molecule has 2 saturated heterocycles. The first kappa shape index (κ1) is 25.9. The van der Waals surface area contributed by atoms with Crippen molar-refractivity contribution in [3.8, 4) is 22.4 Å². The number of nitrogens with one attached hydrogen (secondary N) is 3. The van der Waals surface area contributed by atoms with Gasteiger partial charge < -0.3 is 25.9 Å². The van der Waals surface area contributed by atoms with E-state index in [0.29, 0.717) is 6.04 Å². The van der Waals surface area contributed by atoms with E-state index in [1.54, 1.807) is 0 Å². The summed E-state index contributed by atoms with van der Waals surface area (Å²) in [5.74, 6) is 1.99. The lowest BCUT2D eigenvalue weighted by atomic mass is 9.99. The third kappa shape index (κ3) is 4.81. The molecule has 0 saturated carbocycles. The maximum atomic E-state index is 13.0. The molecule has 2 aliphatic rings. The van der Waals surface area contributed by atoms with Gasteiger partial charge in [0.1, 0.15) is 11.6 Å². The average Bonchev–Trinajstić information content (AvgIpc) is 3.80. The normalized spacial score (nSPS) is 20.0. The minimum atomic E-state index is -0.484. The van der Waals surface area contributed by atoms with Crippen molar-refractivity contribution in [2.24, 2.45) is 11.7 Å². The zero-order valence-corrected chi connectivity index (χ0v) is 23.7. The summed E-state index contributed by atoms with van der Waals surface area (Å²) < 4.78 is 0. The number of nitrogens with zero attached hydrogens (tertiary/aromatic N) is 3. The lowest BCUT2D eigenvalue weighted by Crippen LogP contribution is -2.46. The van der Waals surface area contributed by atoms with E-state index >= 15 is 0 Å². The smallest absolute Gasteiger partial charge is 0.240 e. The molecule has 3 atom stereocenters. The van der Waals surface area contributed by atoms with Crippen LogP contribution in [-0.2, 0) is 4.79 Å². The van der Waals surface area contributed by atoms with Crippen LogP contribution in [0.5, 0.6) is 0 Å². The minimum Gasteiger partial charge on any atom is -0.341 e. The van der Waals surface area contributed by atoms with Crippen molar-refractivity contribution < 1.29 is 4.79 Å². The molecule has 1 amide bonds. The van der Waals surface area contributed by atoms with Gasteiger partial charge in [-0.3, -0.25) is 4.79 Å². The number of rotatable bonds is 6. The molecule has 0 radical (unpaired) electrons. The van der Waals surface area contributed by atoms with E-state index in [2.05, 4.69) is 74.9 Å². The van der Waals surface area contributed by atoms with Crippen LogP contribution in [0.15, 0.2) is 60.8 Å². The number of carbonyl (C=O) groups excluding carboxylic acids is 1. The molecule has 41 heavy (non-hydrogen) atoms. The molecule has 0 bridgehead atoms. The second-order valence-electron chi connectivity index (χ2n) is 11.9. The van der Waals surface area contributed by atoms with Crippen LogP contribution in [0.2, 0.25) is 0 Å². The Hall–Kier alpha value is -4.01. The number of hydrogen-bond donors (Lipinski definition) is 4. The van der Waals surface area contributed by atoms with Gasteiger partial charge in [0.05, 0.1) is 41.0 Å². The van der Waals surface area contributed by atoms with Gasteiger partial charge in [0.25, 0.3) is 0 Å². The topological polar surface area (TPSA) is 116 Å². The van der Waals surface area contributed by atoms with Crippen molar-refractivity contribution in [3.05, 3.63) is 72.4 Å². The number of fused-ring (bicyclic) bond motifs is 2. The van der Waals surface area contributed by atoms with Crippen LogP contribution in [0.3, 0.4) is 0 Å². The monoisotopic (exact) mass is 547 g/mol. The van der Waals surface area contributed by atoms with Gasteiger partial charge >= 0.3 is 0 Å². The Morgan fingerprint density at radius 3 is 2.46 bits per heavy atom. The molecule has 2 fully saturated rings. The van der Waals surface area contributed by atoms with Crippen LogP contribution in [-0.4, -0.2) is 49.9 Å². The maximum Gasteiger partial charge on any atom is 0.240 e. The van der Waals surface area contributed by atoms with Gasteiger partial charge in [-0.05, 0) is 84.3 Å². The zero-order chi connectivity index (χ0) is 28.1. The van der Waals surface area contributed by atoms with Crippen LogP contribution >= 0.6 is 0 Å². The van der Waals surface area contributed by atoms with Gasteiger partial charge in [0.2, 0.25) is 5.91 Å². The van der Waals surface area contributed by atoms with Gasteiger partial charge in [-0.15, -0.1) is 0 Å². The predicted molar refractivity (Wildman–Crippen MR) is 163 cm³/mol. The van der Waals surface area contributed by atoms with Crippen LogP contribution in [0.1, 0.15) is 63.3 Å². The fraction of sp³-hybridized carbons (Fsp3) is 0.364. The fourth-order valence-corrected chi connectivity index (χ4v) is 6.33. The molecule has 2 aliphatic heterocycles. The summed E-state index contributed by atoms with van der Waals surface area (Å²) in [6, 6.07) is 19.3. The number of amides is 1. The molecule has 5 N–H and O–H groups in total. The van der Waals surface area contributed by atoms with Crippen molar-refractivity contribution in [1.29, 1.82) is 0 Å². The van der Waals surface area contributed by atoms with Gasteiger partial charge in [-0.2, -0.15) is 0 Å². The van der Waals surface area contributed by atoms with E-state index in [1.807, 2.05) is 24.9 Å². The number of carbonyl (C=O) groups is 1. The van der Waals surface area contributed by atoms with E-state index in [0.717, 1.165) is 77.4 Å². The van der Waals surface area contributed by atoms with Crippen molar-refractivity contribution in [2.45, 2.75) is 57.7 Å². The molecule has 2 aromatic heterocycles. The Labute approximate surface area is 239 Å². The lowest BCUT2D eigenvalue weighted by Gasteiger charge is -2.27. The molecule has 0 unspecified atom stereocenters. The highest BCUT2D eigenvalue weighted by atomic mass is 16.2. The van der Waals surface area contributed by atoms with Crippen LogP contribution in [0.25, 0.3) is 44.2 Å². The Bertz CT molecular complexity index is 1730. The molecular weight excluding hydrogens is 510 g/mol. The summed E-state index contributed by atoms with van der Waals surface area (Å²) in [6.45, 7) is 5.77. The Balaban J connectivity index is 1.14. The highest BCUT2D eigenvalue weighted by Gasteiger charge is 2.35. The first-order valence-corrected chi connectivity index (χ1v) is 14.8. The summed E-state index contributed by atoms with van der Waals surface area (Å²) in [5, 5.41) is 5.89. The van der Waals surface area contributed by atoms with E-state index < -0.39 is 6.04 Å². The first-order chi connectivity index (χ1) is 19.9. The van der Waals surface area contributed by atoms with E-state index in [1.165, 1.54) is 17.2 Å². The highest BCUT2D eigenvalue weighted by Crippen LogP contribution is 2.34. The summed E-state index contributed by atoms with van der Waals surface area (Å²) in [4.78, 5) is 31.5. The number of imidazole rings is 2. The molecule has 4 heterocycles. The van der Waals surface area contributed by atoms with Gasteiger partial charge in [0, 0.05) is 12.1 Å². The fourth-order valence-electron chi connectivity index (χ4n) is 6.33. The molecule has 3 aromatic carbocycles. The number of aromatic nitrogens is 4. The third-order valence-electron chi connectivity index (χ3n) is 8.83. The SMILES string of the molecule is CC(C)[C@H](N)C(=O)N1CCC[C@H]1c1nc2ccc(-c3ccc4cc(-c5cnc([C@@H]6CCCN6)[nH]5)ccc4c3)cc2[nH]1. The summed E-state index contributed by atoms with van der Waals surface area (Å²) in [7, 11) is 0. The predicted octanol–water partition coefficient (Wildman–Crippen LogP) is 5.84. The maximum absolute atomic E-state index is 13.0. The van der Waals surface area contributed by atoms with Gasteiger partial charge in [-0.1, -0.05) is 44.2 Å². The quantitative estimate of drug-likeness (QED) is 0.213. The Kier molecular flexibility index (Phi) is 6.60. The number of aromatic amines is 2. The van der Waals surface area contributed by atoms with E-state index in [-0.39, 0.29) is 17.9 Å². The number of benzene rings is 3. The minimum absolute atomic E-state index is 0.0155. The van der Waals surface area contributed by atoms with Gasteiger partial charge in [-0.25, -0.2) is 9.97 Å². The zero-order valence-electron chi connectivity index (χ0n) is 23.7. The average molecular weight is 548 g/mol. The van der Waals surface area contributed by atoms with Gasteiger partial charge in [0.15, 0.2) is 0 Å². The van der Waals surface area contributed by atoms with Crippen molar-refractivity contribution >= 4 is 27.7 Å². The molecule has 8 nitrogen and oxygen atoms in total. The Morgan fingerprint density at radius 1 is 0.927 bits per heavy atom. The third-order valence-corrected chi connectivity index (χ3v) is 8.83. The largest absolute Gasteiger partial charge is 0.341 e. The van der Waals surface area contributed by atoms with Crippen LogP contribution < -0.4 is 11.1 Å². The molecule has 210 valence electrons. The molecule has 8 heteroatoms. The number of nitrogens with two attached hydrogens (primary N) is 1. The molecule has 5 aromatic rings. The van der Waals surface area contributed by atoms with Crippen molar-refractivity contribution in [3.63, 3.8) is 0 Å². The van der Waals surface area contributed by atoms with Crippen LogP contribution in [0, 0.1) is 5.92 Å². The summed E-state index contributed by atoms with van der Waals surface area (Å²) in [6.07, 6.45) is 6.12. The summed E-state index contributed by atoms with van der Waals surface area (Å²) >= 11 is 0. The standard InChI is InChI=1S/C33H37N7O/c1-19(2)30(34)33(41)40-14-4-6-29(40)32-37-25-12-11-23(17-27(25)38-32)21-7-8-22-16-24(10-9-20(22)15-21)28-18-36-31(39-28)26-5-3-13-35-26/h7-12,15-19,26,29-30,35H,3-6,13-14,34H2,1-2H3,(H,36,39)(H,37,38)/t26-,29-,30-/m0/s1. The van der Waals surface area contributed by atoms with E-state index in [9.17, 15) is 4.79 Å². The number of likely N-dealkylation sites (tertiary alicyclic amines) is 1. The summed E-state index contributed by atoms with van der Waals surface area (Å²) in [5.41, 5.74) is 12.6. The number of H-pyrrole nitrogens is 2. The molecule has 7 rings (SSSR count). The number of hydrogen-bond acceptors (Lipinski definition) is 5. The van der Waals surface area contributed by atoms with Crippen molar-refractivity contribution in [1.82, 2.24) is 30.2 Å². The lowest BCUT2D eigenvalue weighted by molar-refractivity contribution is -0.134. The van der Waals surface area contributed by atoms with Crippen LogP contribution in [0.4, 0.5) is 0 Å². The molecule has 0 spiro atoms. The van der Waals surface area contributed by atoms with E-state index in [4.69, 9.17) is 10.7 Å². The first-order valence-electron chi connectivity index (χ1n) is 14.8. The second kappa shape index (κ2) is 10.4.